The summed E-state index contributed by atoms with van der Waals surface area (Å²) in [5.74, 6) is 0. The Morgan fingerprint density at radius 1 is 1.12 bits per heavy atom. The Labute approximate surface area is 94.2 Å². The van der Waals surface area contributed by atoms with E-state index in [0.29, 0.717) is 13.1 Å². The van der Waals surface area contributed by atoms with Gasteiger partial charge in [0.25, 0.3) is 0 Å². The van der Waals surface area contributed by atoms with Gasteiger partial charge in [-0.2, -0.15) is 0 Å². The van der Waals surface area contributed by atoms with Crippen molar-refractivity contribution < 1.29 is 10.0 Å². The van der Waals surface area contributed by atoms with E-state index in [1.54, 1.807) is 10.4 Å². The van der Waals surface area contributed by atoms with Gasteiger partial charge >= 0.3 is 6.03 Å². The van der Waals surface area contributed by atoms with Gasteiger partial charge in [0.15, 0.2) is 0 Å². The van der Waals surface area contributed by atoms with Crippen LogP contribution in [0.15, 0.2) is 30.3 Å². The molecule has 2 rings (SSSR count). The van der Waals surface area contributed by atoms with E-state index < -0.39 is 6.03 Å². The number of rotatable bonds is 1. The first-order chi connectivity index (χ1) is 7.81. The van der Waals surface area contributed by atoms with E-state index in [9.17, 15) is 4.79 Å². The molecule has 1 fully saturated rings. The van der Waals surface area contributed by atoms with Crippen molar-refractivity contribution in [2.24, 2.45) is 0 Å². The summed E-state index contributed by atoms with van der Waals surface area (Å²) >= 11 is 0. The number of nitrogens with zero attached hydrogens (tertiary/aromatic N) is 2. The zero-order valence-electron chi connectivity index (χ0n) is 8.97. The number of para-hydroxylation sites is 1. The molecule has 0 aliphatic carbocycles. The van der Waals surface area contributed by atoms with Crippen LogP contribution in [-0.4, -0.2) is 42.3 Å². The molecule has 0 unspecified atom stereocenters. The van der Waals surface area contributed by atoms with Gasteiger partial charge in [-0.15, -0.1) is 0 Å². The van der Waals surface area contributed by atoms with E-state index in [4.69, 9.17) is 5.21 Å². The molecule has 1 aliphatic heterocycles. The van der Waals surface area contributed by atoms with E-state index in [1.165, 1.54) is 5.69 Å². The predicted molar refractivity (Wildman–Crippen MR) is 60.5 cm³/mol. The highest BCUT2D eigenvalue weighted by Crippen LogP contribution is 2.15. The molecule has 2 N–H and O–H groups in total. The molecular weight excluding hydrogens is 206 g/mol. The summed E-state index contributed by atoms with van der Waals surface area (Å²) in [6.45, 7) is 2.83. The lowest BCUT2D eigenvalue weighted by Crippen LogP contribution is -2.51. The maximum absolute atomic E-state index is 11.2. The quantitative estimate of drug-likeness (QED) is 0.547. The number of benzene rings is 1. The van der Waals surface area contributed by atoms with Crippen molar-refractivity contribution in [3.63, 3.8) is 0 Å². The highest BCUT2D eigenvalue weighted by Gasteiger charge is 2.20. The maximum Gasteiger partial charge on any atom is 0.341 e. The second kappa shape index (κ2) is 4.85. The van der Waals surface area contributed by atoms with Gasteiger partial charge in [-0.25, -0.2) is 10.3 Å². The molecule has 0 saturated carbocycles. The summed E-state index contributed by atoms with van der Waals surface area (Å²) in [6.07, 6.45) is 0. The first kappa shape index (κ1) is 10.8. The fourth-order valence-corrected chi connectivity index (χ4v) is 1.88. The molecule has 2 amide bonds. The summed E-state index contributed by atoms with van der Waals surface area (Å²) in [7, 11) is 0. The van der Waals surface area contributed by atoms with E-state index in [1.807, 2.05) is 18.2 Å². The Hall–Kier alpha value is -1.75. The molecule has 5 nitrogen and oxygen atoms in total. The summed E-state index contributed by atoms with van der Waals surface area (Å²) in [4.78, 5) is 15.0. The summed E-state index contributed by atoms with van der Waals surface area (Å²) in [6, 6.07) is 9.68. The number of nitrogens with one attached hydrogen (secondary N) is 1. The number of anilines is 1. The van der Waals surface area contributed by atoms with Crippen LogP contribution in [0.2, 0.25) is 0 Å². The molecule has 1 aromatic carbocycles. The van der Waals surface area contributed by atoms with Crippen LogP contribution in [0.4, 0.5) is 10.5 Å². The molecular formula is C11H15N3O2. The molecule has 0 atom stereocenters. The van der Waals surface area contributed by atoms with E-state index in [0.717, 1.165) is 13.1 Å². The second-order valence-corrected chi connectivity index (χ2v) is 3.73. The van der Waals surface area contributed by atoms with E-state index in [2.05, 4.69) is 17.0 Å². The number of urea groups is 1. The van der Waals surface area contributed by atoms with Crippen LogP contribution in [0.5, 0.6) is 0 Å². The van der Waals surface area contributed by atoms with Crippen molar-refractivity contribution in [1.29, 1.82) is 0 Å². The number of hydrogen-bond acceptors (Lipinski definition) is 3. The molecule has 1 heterocycles. The average molecular weight is 221 g/mol. The summed E-state index contributed by atoms with van der Waals surface area (Å²) in [5.41, 5.74) is 2.83. The maximum atomic E-state index is 11.2. The minimum absolute atomic E-state index is 0.423. The molecule has 0 aromatic heterocycles. The third kappa shape index (κ3) is 2.25. The number of piperazine rings is 1. The topological polar surface area (TPSA) is 55.8 Å². The van der Waals surface area contributed by atoms with Crippen molar-refractivity contribution in [3.05, 3.63) is 30.3 Å². The van der Waals surface area contributed by atoms with Gasteiger partial charge in [0.2, 0.25) is 0 Å². The van der Waals surface area contributed by atoms with Gasteiger partial charge in [-0.1, -0.05) is 18.2 Å². The van der Waals surface area contributed by atoms with Crippen LogP contribution in [0.3, 0.4) is 0 Å². The van der Waals surface area contributed by atoms with Gasteiger partial charge in [-0.3, -0.25) is 5.21 Å². The Morgan fingerprint density at radius 3 is 2.31 bits per heavy atom. The summed E-state index contributed by atoms with van der Waals surface area (Å²) < 4.78 is 0. The Kier molecular flexibility index (Phi) is 3.26. The minimum atomic E-state index is -0.423. The molecule has 1 aromatic rings. The van der Waals surface area contributed by atoms with Crippen LogP contribution < -0.4 is 10.4 Å². The molecule has 86 valence electrons. The van der Waals surface area contributed by atoms with Crippen molar-refractivity contribution in [1.82, 2.24) is 10.4 Å². The molecule has 1 saturated heterocycles. The molecule has 5 heteroatoms. The van der Waals surface area contributed by atoms with Gasteiger partial charge in [0.05, 0.1) is 0 Å². The lowest BCUT2D eigenvalue weighted by Gasteiger charge is -2.35. The molecule has 1 aliphatic rings. The Balaban J connectivity index is 1.93. The van der Waals surface area contributed by atoms with Crippen LogP contribution >= 0.6 is 0 Å². The number of hydrogen-bond donors (Lipinski definition) is 2. The summed E-state index contributed by atoms with van der Waals surface area (Å²) in [5, 5.41) is 8.52. The van der Waals surface area contributed by atoms with Crippen LogP contribution in [-0.2, 0) is 0 Å². The number of carbonyl (C=O) groups is 1. The van der Waals surface area contributed by atoms with Gasteiger partial charge in [-0.05, 0) is 12.1 Å². The number of carbonyl (C=O) groups excluding carboxylic acids is 1. The highest BCUT2D eigenvalue weighted by atomic mass is 16.5. The molecule has 0 spiro atoms. The first-order valence-electron chi connectivity index (χ1n) is 5.30. The van der Waals surface area contributed by atoms with Gasteiger partial charge in [0.1, 0.15) is 0 Å². The highest BCUT2D eigenvalue weighted by molar-refractivity contribution is 5.73. The SMILES string of the molecule is O=C(NO)N1CCN(c2ccccc2)CC1. The van der Waals surface area contributed by atoms with Gasteiger partial charge in [0, 0.05) is 31.9 Å². The third-order valence-corrected chi connectivity index (χ3v) is 2.78. The first-order valence-corrected chi connectivity index (χ1v) is 5.30. The Morgan fingerprint density at radius 2 is 1.75 bits per heavy atom. The van der Waals surface area contributed by atoms with Crippen LogP contribution in [0.1, 0.15) is 0 Å². The molecule has 0 bridgehead atoms. The monoisotopic (exact) mass is 221 g/mol. The van der Waals surface area contributed by atoms with Crippen LogP contribution in [0.25, 0.3) is 0 Å². The standard InChI is InChI=1S/C11H15N3O2/c15-11(12-16)14-8-6-13(7-9-14)10-4-2-1-3-5-10/h1-5,16H,6-9H2,(H,12,15). The lowest BCUT2D eigenvalue weighted by molar-refractivity contribution is 0.127. The fourth-order valence-electron chi connectivity index (χ4n) is 1.88. The largest absolute Gasteiger partial charge is 0.368 e. The Bertz CT molecular complexity index is 348. The molecule has 0 radical (unpaired) electrons. The van der Waals surface area contributed by atoms with Crippen molar-refractivity contribution >= 4 is 11.7 Å². The zero-order valence-corrected chi connectivity index (χ0v) is 8.97. The van der Waals surface area contributed by atoms with Gasteiger partial charge < -0.3 is 9.80 Å². The van der Waals surface area contributed by atoms with Crippen molar-refractivity contribution in [2.75, 3.05) is 31.1 Å². The molecule has 16 heavy (non-hydrogen) atoms. The predicted octanol–water partition coefficient (Wildman–Crippen LogP) is 0.907. The normalized spacial score (nSPS) is 16.1. The van der Waals surface area contributed by atoms with Crippen molar-refractivity contribution in [2.45, 2.75) is 0 Å². The zero-order chi connectivity index (χ0) is 11.4. The third-order valence-electron chi connectivity index (χ3n) is 2.78. The van der Waals surface area contributed by atoms with E-state index in [-0.39, 0.29) is 0 Å². The lowest BCUT2D eigenvalue weighted by atomic mass is 10.2. The fraction of sp³-hybridized carbons (Fsp3) is 0.364. The van der Waals surface area contributed by atoms with E-state index >= 15 is 0 Å². The number of amides is 2. The number of hydroxylamine groups is 1. The van der Waals surface area contributed by atoms with Crippen molar-refractivity contribution in [3.8, 4) is 0 Å². The average Bonchev–Trinajstić information content (AvgIpc) is 2.39. The second-order valence-electron chi connectivity index (χ2n) is 3.73. The smallest absolute Gasteiger partial charge is 0.341 e. The minimum Gasteiger partial charge on any atom is -0.368 e. The van der Waals surface area contributed by atoms with Crippen LogP contribution in [0, 0.1) is 0 Å².